The van der Waals surface area contributed by atoms with E-state index in [4.69, 9.17) is 0 Å². The SMILES string of the molecule is CCCC(CC)Nc1ccc(CC(=O)N(C)C)cc1. The Balaban J connectivity index is 2.58. The van der Waals surface area contributed by atoms with E-state index in [1.165, 1.54) is 12.8 Å². The second kappa shape index (κ2) is 7.82. The van der Waals surface area contributed by atoms with Crippen LogP contribution in [-0.2, 0) is 11.2 Å². The van der Waals surface area contributed by atoms with E-state index < -0.39 is 0 Å². The lowest BCUT2D eigenvalue weighted by molar-refractivity contribution is -0.127. The molecule has 1 atom stereocenters. The fraction of sp³-hybridized carbons (Fsp3) is 0.562. The van der Waals surface area contributed by atoms with E-state index in [0.29, 0.717) is 12.5 Å². The largest absolute Gasteiger partial charge is 0.382 e. The van der Waals surface area contributed by atoms with Crippen molar-refractivity contribution in [3.63, 3.8) is 0 Å². The molecule has 1 rings (SSSR count). The molecule has 0 aliphatic heterocycles. The summed E-state index contributed by atoms with van der Waals surface area (Å²) in [5, 5.41) is 3.54. The van der Waals surface area contributed by atoms with Gasteiger partial charge in [-0.25, -0.2) is 0 Å². The molecule has 1 aromatic carbocycles. The van der Waals surface area contributed by atoms with Crippen LogP contribution in [0.1, 0.15) is 38.7 Å². The van der Waals surface area contributed by atoms with Gasteiger partial charge in [-0.05, 0) is 30.5 Å². The van der Waals surface area contributed by atoms with Crippen molar-refractivity contribution in [3.8, 4) is 0 Å². The van der Waals surface area contributed by atoms with Crippen LogP contribution in [0, 0.1) is 0 Å². The molecule has 0 radical (unpaired) electrons. The lowest BCUT2D eigenvalue weighted by Crippen LogP contribution is -2.23. The van der Waals surface area contributed by atoms with Crippen LogP contribution in [0.3, 0.4) is 0 Å². The number of anilines is 1. The Hall–Kier alpha value is -1.51. The second-order valence-corrected chi connectivity index (χ2v) is 5.20. The number of likely N-dealkylation sites (N-methyl/N-ethyl adjacent to an activating group) is 1. The van der Waals surface area contributed by atoms with Gasteiger partial charge in [-0.15, -0.1) is 0 Å². The van der Waals surface area contributed by atoms with Crippen molar-refractivity contribution in [1.82, 2.24) is 4.90 Å². The van der Waals surface area contributed by atoms with Gasteiger partial charge in [0.25, 0.3) is 0 Å². The van der Waals surface area contributed by atoms with Crippen LogP contribution in [-0.4, -0.2) is 30.9 Å². The zero-order chi connectivity index (χ0) is 14.3. The topological polar surface area (TPSA) is 32.3 Å². The molecule has 1 N–H and O–H groups in total. The average Bonchev–Trinajstić information content (AvgIpc) is 2.40. The summed E-state index contributed by atoms with van der Waals surface area (Å²) < 4.78 is 0. The van der Waals surface area contributed by atoms with Gasteiger partial charge in [0, 0.05) is 25.8 Å². The van der Waals surface area contributed by atoms with Crippen LogP contribution in [0.4, 0.5) is 5.69 Å². The zero-order valence-corrected chi connectivity index (χ0v) is 12.6. The van der Waals surface area contributed by atoms with Crippen LogP contribution in [0.25, 0.3) is 0 Å². The number of nitrogens with zero attached hydrogens (tertiary/aromatic N) is 1. The van der Waals surface area contributed by atoms with Gasteiger partial charge in [-0.3, -0.25) is 4.79 Å². The fourth-order valence-electron chi connectivity index (χ4n) is 2.01. The molecule has 0 saturated heterocycles. The third-order valence-corrected chi connectivity index (χ3v) is 3.31. The first-order valence-electron chi connectivity index (χ1n) is 7.12. The number of hydrogen-bond acceptors (Lipinski definition) is 2. The molecule has 1 amide bonds. The Morgan fingerprint density at radius 2 is 1.84 bits per heavy atom. The van der Waals surface area contributed by atoms with Gasteiger partial charge in [0.2, 0.25) is 5.91 Å². The smallest absolute Gasteiger partial charge is 0.226 e. The van der Waals surface area contributed by atoms with Gasteiger partial charge in [0.05, 0.1) is 6.42 Å². The van der Waals surface area contributed by atoms with Crippen molar-refractivity contribution in [2.24, 2.45) is 0 Å². The number of carbonyl (C=O) groups excluding carboxylic acids is 1. The summed E-state index contributed by atoms with van der Waals surface area (Å²) in [4.78, 5) is 13.2. The molecular formula is C16H26N2O. The van der Waals surface area contributed by atoms with Gasteiger partial charge in [0.1, 0.15) is 0 Å². The molecule has 106 valence electrons. The van der Waals surface area contributed by atoms with Crippen LogP contribution >= 0.6 is 0 Å². The molecule has 0 aliphatic carbocycles. The van der Waals surface area contributed by atoms with Gasteiger partial charge < -0.3 is 10.2 Å². The summed E-state index contributed by atoms with van der Waals surface area (Å²) in [5.74, 6) is 0.137. The molecule has 0 saturated carbocycles. The highest BCUT2D eigenvalue weighted by Gasteiger charge is 2.07. The van der Waals surface area contributed by atoms with Crippen molar-refractivity contribution >= 4 is 11.6 Å². The van der Waals surface area contributed by atoms with Crippen molar-refractivity contribution in [3.05, 3.63) is 29.8 Å². The maximum Gasteiger partial charge on any atom is 0.226 e. The summed E-state index contributed by atoms with van der Waals surface area (Å²) in [6.45, 7) is 4.41. The Labute approximate surface area is 117 Å². The Kier molecular flexibility index (Phi) is 6.40. The van der Waals surface area contributed by atoms with E-state index in [9.17, 15) is 4.79 Å². The summed E-state index contributed by atoms with van der Waals surface area (Å²) in [7, 11) is 3.57. The zero-order valence-electron chi connectivity index (χ0n) is 12.6. The molecular weight excluding hydrogens is 236 g/mol. The third kappa shape index (κ3) is 5.33. The molecule has 1 aromatic rings. The molecule has 19 heavy (non-hydrogen) atoms. The molecule has 1 unspecified atom stereocenters. The highest BCUT2D eigenvalue weighted by molar-refractivity contribution is 5.78. The predicted molar refractivity (Wildman–Crippen MR) is 81.4 cm³/mol. The minimum Gasteiger partial charge on any atom is -0.382 e. The number of amides is 1. The summed E-state index contributed by atoms with van der Waals surface area (Å²) in [6, 6.07) is 8.73. The fourth-order valence-corrected chi connectivity index (χ4v) is 2.01. The van der Waals surface area contributed by atoms with Crippen LogP contribution in [0.2, 0.25) is 0 Å². The first-order chi connectivity index (χ1) is 9.06. The van der Waals surface area contributed by atoms with Gasteiger partial charge >= 0.3 is 0 Å². The number of carbonyl (C=O) groups is 1. The van der Waals surface area contributed by atoms with E-state index in [2.05, 4.69) is 31.3 Å². The van der Waals surface area contributed by atoms with Gasteiger partial charge in [0.15, 0.2) is 0 Å². The number of hydrogen-bond donors (Lipinski definition) is 1. The summed E-state index contributed by atoms with van der Waals surface area (Å²) in [6.07, 6.45) is 3.99. The van der Waals surface area contributed by atoms with Crippen LogP contribution in [0.15, 0.2) is 24.3 Å². The molecule has 3 heteroatoms. The Morgan fingerprint density at radius 1 is 1.21 bits per heavy atom. The summed E-state index contributed by atoms with van der Waals surface area (Å²) in [5.41, 5.74) is 2.20. The summed E-state index contributed by atoms with van der Waals surface area (Å²) >= 11 is 0. The van der Waals surface area contributed by atoms with E-state index in [-0.39, 0.29) is 5.91 Å². The Morgan fingerprint density at radius 3 is 2.32 bits per heavy atom. The molecule has 0 aliphatic rings. The van der Waals surface area contributed by atoms with Crippen molar-refractivity contribution in [2.75, 3.05) is 19.4 Å². The molecule has 3 nitrogen and oxygen atoms in total. The monoisotopic (exact) mass is 262 g/mol. The number of rotatable bonds is 7. The van der Waals surface area contributed by atoms with Crippen molar-refractivity contribution < 1.29 is 4.79 Å². The van der Waals surface area contributed by atoms with Gasteiger partial charge in [-0.1, -0.05) is 32.4 Å². The first kappa shape index (κ1) is 15.5. The van der Waals surface area contributed by atoms with Crippen LogP contribution < -0.4 is 5.32 Å². The predicted octanol–water partition coefficient (Wildman–Crippen LogP) is 3.31. The van der Waals surface area contributed by atoms with E-state index >= 15 is 0 Å². The quantitative estimate of drug-likeness (QED) is 0.817. The average molecular weight is 262 g/mol. The normalized spacial score (nSPS) is 12.0. The standard InChI is InChI=1S/C16H26N2O/c1-5-7-14(6-2)17-15-10-8-13(9-11-15)12-16(19)18(3)4/h8-11,14,17H,5-7,12H2,1-4H3. The lowest BCUT2D eigenvalue weighted by Gasteiger charge is -2.17. The second-order valence-electron chi connectivity index (χ2n) is 5.20. The molecule has 0 bridgehead atoms. The highest BCUT2D eigenvalue weighted by atomic mass is 16.2. The highest BCUT2D eigenvalue weighted by Crippen LogP contribution is 2.14. The van der Waals surface area contributed by atoms with Gasteiger partial charge in [-0.2, -0.15) is 0 Å². The van der Waals surface area contributed by atoms with E-state index in [1.54, 1.807) is 19.0 Å². The third-order valence-electron chi connectivity index (χ3n) is 3.31. The van der Waals surface area contributed by atoms with Crippen LogP contribution in [0.5, 0.6) is 0 Å². The Bertz CT molecular complexity index is 384. The number of nitrogens with one attached hydrogen (secondary N) is 1. The maximum atomic E-state index is 11.6. The number of benzene rings is 1. The van der Waals surface area contributed by atoms with Crippen molar-refractivity contribution in [1.29, 1.82) is 0 Å². The van der Waals surface area contributed by atoms with E-state index in [1.807, 2.05) is 12.1 Å². The first-order valence-corrected chi connectivity index (χ1v) is 7.12. The lowest BCUT2D eigenvalue weighted by atomic mass is 10.1. The van der Waals surface area contributed by atoms with Crippen molar-refractivity contribution in [2.45, 2.75) is 45.6 Å². The minimum atomic E-state index is 0.137. The van der Waals surface area contributed by atoms with E-state index in [0.717, 1.165) is 17.7 Å². The molecule has 0 fully saturated rings. The molecule has 0 aromatic heterocycles. The molecule has 0 heterocycles. The molecule has 0 spiro atoms. The maximum absolute atomic E-state index is 11.6. The minimum absolute atomic E-state index is 0.137.